The minimum absolute atomic E-state index is 0.0825. The highest BCUT2D eigenvalue weighted by atomic mass is 16.3. The van der Waals surface area contributed by atoms with E-state index in [0.29, 0.717) is 0 Å². The molecule has 1 aliphatic carbocycles. The molecule has 1 aliphatic rings. The maximum atomic E-state index is 9.85. The maximum Gasteiger partial charge on any atom is 0.0574 e. The fraction of sp³-hybridized carbons (Fsp3) is 0.500. The Balaban J connectivity index is 2.32. The minimum Gasteiger partial charge on any atom is -0.395 e. The van der Waals surface area contributed by atoms with E-state index in [4.69, 9.17) is 0 Å². The van der Waals surface area contributed by atoms with Crippen LogP contribution in [0.2, 0.25) is 0 Å². The van der Waals surface area contributed by atoms with E-state index in [1.54, 1.807) is 0 Å². The van der Waals surface area contributed by atoms with Gasteiger partial charge in [-0.2, -0.15) is 0 Å². The van der Waals surface area contributed by atoms with Gasteiger partial charge in [-0.3, -0.25) is 0 Å². The van der Waals surface area contributed by atoms with Crippen LogP contribution in [0.4, 0.5) is 0 Å². The van der Waals surface area contributed by atoms with Gasteiger partial charge in [0.1, 0.15) is 0 Å². The molecule has 0 aliphatic heterocycles. The lowest BCUT2D eigenvalue weighted by Crippen LogP contribution is -2.21. The molecule has 0 unspecified atom stereocenters. The molecule has 0 spiro atoms. The summed E-state index contributed by atoms with van der Waals surface area (Å²) in [6.07, 6.45) is 3.51. The topological polar surface area (TPSA) is 20.2 Å². The van der Waals surface area contributed by atoms with E-state index in [0.717, 1.165) is 6.42 Å². The van der Waals surface area contributed by atoms with Crippen LogP contribution in [0.3, 0.4) is 0 Å². The molecule has 0 radical (unpaired) electrons. The predicted molar refractivity (Wildman–Crippen MR) is 72.0 cm³/mol. The predicted octanol–water partition coefficient (Wildman–Crippen LogP) is 3.68. The van der Waals surface area contributed by atoms with Crippen LogP contribution in [-0.2, 0) is 5.41 Å². The minimum atomic E-state index is -0.191. The fourth-order valence-corrected chi connectivity index (χ4v) is 3.21. The molecule has 2 rings (SSSR count). The highest BCUT2D eigenvalue weighted by Gasteiger charge is 2.67. The number of hydrogen-bond acceptors (Lipinski definition) is 1. The van der Waals surface area contributed by atoms with Crippen molar-refractivity contribution < 1.29 is 5.11 Å². The Morgan fingerprint density at radius 3 is 2.41 bits per heavy atom. The summed E-state index contributed by atoms with van der Waals surface area (Å²) in [5.74, 6) is 0. The molecule has 0 saturated heterocycles. The lowest BCUT2D eigenvalue weighted by molar-refractivity contribution is 0.222. The lowest BCUT2D eigenvalue weighted by Gasteiger charge is -2.20. The molecular formula is C16H22O. The van der Waals surface area contributed by atoms with Crippen LogP contribution in [0, 0.1) is 5.41 Å². The smallest absolute Gasteiger partial charge is 0.0574 e. The molecule has 1 N–H and O–H groups in total. The molecule has 1 aromatic carbocycles. The van der Waals surface area contributed by atoms with Gasteiger partial charge in [0.25, 0.3) is 0 Å². The van der Waals surface area contributed by atoms with Crippen molar-refractivity contribution in [2.45, 2.75) is 38.5 Å². The van der Waals surface area contributed by atoms with Gasteiger partial charge in [-0.05, 0) is 12.0 Å². The summed E-state index contributed by atoms with van der Waals surface area (Å²) in [5, 5.41) is 9.85. The maximum absolute atomic E-state index is 9.85. The molecule has 0 heterocycles. The Morgan fingerprint density at radius 1 is 1.24 bits per heavy atom. The molecular weight excluding hydrogens is 208 g/mol. The zero-order valence-corrected chi connectivity index (χ0v) is 10.9. The van der Waals surface area contributed by atoms with Crippen molar-refractivity contribution in [1.29, 1.82) is 0 Å². The largest absolute Gasteiger partial charge is 0.395 e. The highest BCUT2D eigenvalue weighted by molar-refractivity contribution is 5.57. The molecule has 2 atom stereocenters. The highest BCUT2D eigenvalue weighted by Crippen LogP contribution is 2.70. The Morgan fingerprint density at radius 2 is 1.88 bits per heavy atom. The SMILES string of the molecule is C=C1[C@](C)(CCCC)[C@]1(CO)c1ccccc1. The Labute approximate surface area is 104 Å². The standard InChI is InChI=1S/C16H22O/c1-4-5-11-15(3)13(2)16(15,12-17)14-9-7-6-8-10-14/h6-10,17H,2,4-5,11-12H2,1,3H3/t15-,16-/m0/s1. The van der Waals surface area contributed by atoms with Gasteiger partial charge in [-0.15, -0.1) is 0 Å². The second-order valence-corrected chi connectivity index (χ2v) is 5.34. The van der Waals surface area contributed by atoms with E-state index < -0.39 is 0 Å². The summed E-state index contributed by atoms with van der Waals surface area (Å²) in [6, 6.07) is 10.3. The van der Waals surface area contributed by atoms with Crippen molar-refractivity contribution in [3.63, 3.8) is 0 Å². The average Bonchev–Trinajstić information content (AvgIpc) is 2.86. The van der Waals surface area contributed by atoms with Crippen LogP contribution in [-0.4, -0.2) is 11.7 Å². The van der Waals surface area contributed by atoms with Crippen molar-refractivity contribution >= 4 is 0 Å². The van der Waals surface area contributed by atoms with E-state index in [9.17, 15) is 5.11 Å². The summed E-state index contributed by atoms with van der Waals surface area (Å²) in [7, 11) is 0. The van der Waals surface area contributed by atoms with Crippen LogP contribution in [0.5, 0.6) is 0 Å². The van der Waals surface area contributed by atoms with E-state index in [1.807, 2.05) is 18.2 Å². The van der Waals surface area contributed by atoms with Crippen LogP contribution >= 0.6 is 0 Å². The van der Waals surface area contributed by atoms with Crippen LogP contribution in [0.25, 0.3) is 0 Å². The van der Waals surface area contributed by atoms with Gasteiger partial charge in [0, 0.05) is 10.8 Å². The summed E-state index contributed by atoms with van der Waals surface area (Å²) < 4.78 is 0. The normalized spacial score (nSPS) is 31.6. The van der Waals surface area contributed by atoms with Gasteiger partial charge in [0.2, 0.25) is 0 Å². The second kappa shape index (κ2) is 4.30. The van der Waals surface area contributed by atoms with Crippen molar-refractivity contribution in [2.75, 3.05) is 6.61 Å². The third-order valence-corrected chi connectivity index (χ3v) is 4.59. The number of hydrogen-bond donors (Lipinski definition) is 1. The first-order chi connectivity index (χ1) is 8.13. The molecule has 0 bridgehead atoms. The zero-order chi connectivity index (χ0) is 12.5. The Bertz CT molecular complexity index is 409. The fourth-order valence-electron chi connectivity index (χ4n) is 3.21. The number of aliphatic hydroxyl groups excluding tert-OH is 1. The molecule has 1 saturated carbocycles. The summed E-state index contributed by atoms with van der Waals surface area (Å²) >= 11 is 0. The van der Waals surface area contributed by atoms with E-state index in [1.165, 1.54) is 24.0 Å². The van der Waals surface area contributed by atoms with Gasteiger partial charge < -0.3 is 5.11 Å². The molecule has 1 heteroatoms. The quantitative estimate of drug-likeness (QED) is 0.765. The Hall–Kier alpha value is -1.08. The van der Waals surface area contributed by atoms with E-state index in [2.05, 4.69) is 32.6 Å². The number of aliphatic hydroxyl groups is 1. The van der Waals surface area contributed by atoms with Crippen molar-refractivity contribution in [3.8, 4) is 0 Å². The van der Waals surface area contributed by atoms with E-state index >= 15 is 0 Å². The molecule has 0 aromatic heterocycles. The number of unbranched alkanes of at least 4 members (excludes halogenated alkanes) is 1. The first kappa shape index (κ1) is 12.4. The van der Waals surface area contributed by atoms with Crippen molar-refractivity contribution in [3.05, 3.63) is 48.0 Å². The van der Waals surface area contributed by atoms with Gasteiger partial charge >= 0.3 is 0 Å². The summed E-state index contributed by atoms with van der Waals surface area (Å²) in [4.78, 5) is 0. The second-order valence-electron chi connectivity index (χ2n) is 5.34. The first-order valence-electron chi connectivity index (χ1n) is 6.49. The molecule has 1 nitrogen and oxygen atoms in total. The van der Waals surface area contributed by atoms with Crippen LogP contribution in [0.15, 0.2) is 42.5 Å². The third kappa shape index (κ3) is 1.56. The van der Waals surface area contributed by atoms with Crippen molar-refractivity contribution in [1.82, 2.24) is 0 Å². The zero-order valence-electron chi connectivity index (χ0n) is 10.9. The van der Waals surface area contributed by atoms with Gasteiger partial charge in [0.15, 0.2) is 0 Å². The summed E-state index contributed by atoms with van der Waals surface area (Å²) in [6.45, 7) is 8.84. The molecule has 1 fully saturated rings. The van der Waals surface area contributed by atoms with Gasteiger partial charge in [0.05, 0.1) is 6.61 Å². The van der Waals surface area contributed by atoms with Gasteiger partial charge in [-0.1, -0.05) is 69.2 Å². The van der Waals surface area contributed by atoms with Gasteiger partial charge in [-0.25, -0.2) is 0 Å². The first-order valence-corrected chi connectivity index (χ1v) is 6.49. The average molecular weight is 230 g/mol. The Kier molecular flexibility index (Phi) is 3.13. The molecule has 1 aromatic rings. The molecule has 17 heavy (non-hydrogen) atoms. The lowest BCUT2D eigenvalue weighted by atomic mass is 9.85. The van der Waals surface area contributed by atoms with Crippen molar-refractivity contribution in [2.24, 2.45) is 5.41 Å². The number of benzene rings is 1. The monoisotopic (exact) mass is 230 g/mol. The van der Waals surface area contributed by atoms with Crippen LogP contribution in [0.1, 0.15) is 38.7 Å². The molecule has 0 amide bonds. The third-order valence-electron chi connectivity index (χ3n) is 4.59. The van der Waals surface area contributed by atoms with E-state index in [-0.39, 0.29) is 17.4 Å². The summed E-state index contributed by atoms with van der Waals surface area (Å²) in [5.41, 5.74) is 2.31. The van der Waals surface area contributed by atoms with Crippen LogP contribution < -0.4 is 0 Å². The molecule has 92 valence electrons. The number of rotatable bonds is 5.